The standard InChI is InChI=1S/C19H26N6O2/c1-25-12-14(22-19(26)21-13-7-3-2-4-8-13)11-16(25)18-23-17(24-27-18)15-9-5-6-10-20-15/h5-6,9-10,13-14,16H,2-4,7-8,11-12H2,1H3,(H2,21,22,26)/t14-,16-/m0/s1. The molecular weight excluding hydrogens is 344 g/mol. The van der Waals surface area contributed by atoms with Crippen LogP contribution >= 0.6 is 0 Å². The van der Waals surface area contributed by atoms with Crippen LogP contribution in [0.2, 0.25) is 0 Å². The summed E-state index contributed by atoms with van der Waals surface area (Å²) in [5.41, 5.74) is 0.690. The van der Waals surface area contributed by atoms with Gasteiger partial charge in [-0.2, -0.15) is 4.98 Å². The molecule has 2 aliphatic rings. The molecule has 27 heavy (non-hydrogen) atoms. The van der Waals surface area contributed by atoms with Gasteiger partial charge in [-0.3, -0.25) is 9.88 Å². The van der Waals surface area contributed by atoms with Crippen LogP contribution in [0.3, 0.4) is 0 Å². The number of likely N-dealkylation sites (tertiary alicyclic amines) is 1. The fraction of sp³-hybridized carbons (Fsp3) is 0.579. The Morgan fingerprint density at radius 2 is 2.00 bits per heavy atom. The number of amides is 2. The third kappa shape index (κ3) is 4.27. The first-order chi connectivity index (χ1) is 13.2. The van der Waals surface area contributed by atoms with Crippen LogP contribution in [0, 0.1) is 0 Å². The Hall–Kier alpha value is -2.48. The number of carbonyl (C=O) groups is 1. The number of aromatic nitrogens is 3. The van der Waals surface area contributed by atoms with Crippen molar-refractivity contribution in [2.24, 2.45) is 0 Å². The molecule has 0 radical (unpaired) electrons. The Morgan fingerprint density at radius 3 is 2.78 bits per heavy atom. The summed E-state index contributed by atoms with van der Waals surface area (Å²) < 4.78 is 5.48. The van der Waals surface area contributed by atoms with Crippen molar-refractivity contribution in [1.82, 2.24) is 30.7 Å². The number of hydrogen-bond donors (Lipinski definition) is 2. The first kappa shape index (κ1) is 17.9. The maximum Gasteiger partial charge on any atom is 0.315 e. The van der Waals surface area contributed by atoms with Gasteiger partial charge in [0.15, 0.2) is 0 Å². The summed E-state index contributed by atoms with van der Waals surface area (Å²) in [4.78, 5) is 23.2. The van der Waals surface area contributed by atoms with Crippen LogP contribution in [0.1, 0.15) is 50.5 Å². The zero-order chi connectivity index (χ0) is 18.6. The normalized spacial score (nSPS) is 24.0. The molecule has 1 saturated heterocycles. The van der Waals surface area contributed by atoms with E-state index in [1.54, 1.807) is 6.20 Å². The number of hydrogen-bond acceptors (Lipinski definition) is 6. The predicted molar refractivity (Wildman–Crippen MR) is 99.8 cm³/mol. The molecule has 0 bridgehead atoms. The summed E-state index contributed by atoms with van der Waals surface area (Å²) in [7, 11) is 2.01. The number of pyridine rings is 1. The van der Waals surface area contributed by atoms with Gasteiger partial charge in [0.25, 0.3) is 0 Å². The van der Waals surface area contributed by atoms with Gasteiger partial charge in [0.05, 0.1) is 6.04 Å². The van der Waals surface area contributed by atoms with Crippen molar-refractivity contribution in [3.8, 4) is 11.5 Å². The summed E-state index contributed by atoms with van der Waals surface area (Å²) in [6, 6.07) is 5.90. The van der Waals surface area contributed by atoms with Crippen molar-refractivity contribution in [2.75, 3.05) is 13.6 Å². The van der Waals surface area contributed by atoms with Crippen LogP contribution in [0.5, 0.6) is 0 Å². The van der Waals surface area contributed by atoms with E-state index in [2.05, 4.69) is 30.7 Å². The molecule has 1 saturated carbocycles. The van der Waals surface area contributed by atoms with Crippen molar-refractivity contribution in [3.63, 3.8) is 0 Å². The first-order valence-corrected chi connectivity index (χ1v) is 9.71. The molecular formula is C19H26N6O2. The van der Waals surface area contributed by atoms with Gasteiger partial charge in [-0.05, 0) is 38.4 Å². The molecule has 3 heterocycles. The van der Waals surface area contributed by atoms with Gasteiger partial charge >= 0.3 is 6.03 Å². The van der Waals surface area contributed by atoms with E-state index in [0.29, 0.717) is 23.5 Å². The minimum atomic E-state index is -0.0688. The molecule has 2 N–H and O–H groups in total. The van der Waals surface area contributed by atoms with Gasteiger partial charge in [0.2, 0.25) is 11.7 Å². The van der Waals surface area contributed by atoms with E-state index in [-0.39, 0.29) is 18.1 Å². The van der Waals surface area contributed by atoms with Gasteiger partial charge in [0.1, 0.15) is 5.69 Å². The second-order valence-corrected chi connectivity index (χ2v) is 7.51. The highest BCUT2D eigenvalue weighted by Gasteiger charge is 2.35. The summed E-state index contributed by atoms with van der Waals surface area (Å²) in [6.07, 6.45) is 8.30. The smallest absolute Gasteiger partial charge is 0.315 e. The number of nitrogens with zero attached hydrogens (tertiary/aromatic N) is 4. The summed E-state index contributed by atoms with van der Waals surface area (Å²) in [5.74, 6) is 1.06. The van der Waals surface area contributed by atoms with Crippen LogP contribution in [-0.4, -0.2) is 51.7 Å². The van der Waals surface area contributed by atoms with E-state index < -0.39 is 0 Å². The molecule has 2 aromatic rings. The summed E-state index contributed by atoms with van der Waals surface area (Å²) in [6.45, 7) is 0.754. The highest BCUT2D eigenvalue weighted by atomic mass is 16.5. The van der Waals surface area contributed by atoms with Crippen molar-refractivity contribution in [2.45, 2.75) is 56.7 Å². The molecule has 1 aliphatic heterocycles. The van der Waals surface area contributed by atoms with Crippen LogP contribution in [0.4, 0.5) is 4.79 Å². The lowest BCUT2D eigenvalue weighted by Crippen LogP contribution is -2.47. The van der Waals surface area contributed by atoms with E-state index in [0.717, 1.165) is 25.8 Å². The maximum absolute atomic E-state index is 12.3. The SMILES string of the molecule is CN1C[C@@H](NC(=O)NC2CCCCC2)C[C@H]1c1nc(-c2ccccn2)no1. The fourth-order valence-corrected chi connectivity index (χ4v) is 4.02. The van der Waals surface area contributed by atoms with E-state index in [4.69, 9.17) is 4.52 Å². The third-order valence-electron chi connectivity index (χ3n) is 5.44. The maximum atomic E-state index is 12.3. The lowest BCUT2D eigenvalue weighted by molar-refractivity contribution is 0.228. The van der Waals surface area contributed by atoms with Crippen LogP contribution in [0.15, 0.2) is 28.9 Å². The number of nitrogens with one attached hydrogen (secondary N) is 2. The average Bonchev–Trinajstić information content (AvgIpc) is 3.30. The Balaban J connectivity index is 1.34. The Morgan fingerprint density at radius 1 is 1.19 bits per heavy atom. The van der Waals surface area contributed by atoms with Crippen LogP contribution < -0.4 is 10.6 Å². The van der Waals surface area contributed by atoms with Crippen molar-refractivity contribution in [1.29, 1.82) is 0 Å². The minimum Gasteiger partial charge on any atom is -0.337 e. The number of urea groups is 1. The van der Waals surface area contributed by atoms with Gasteiger partial charge in [0, 0.05) is 24.8 Å². The minimum absolute atomic E-state index is 0.00468. The molecule has 0 unspecified atom stereocenters. The molecule has 2 fully saturated rings. The lowest BCUT2D eigenvalue weighted by atomic mass is 9.96. The molecule has 2 atom stereocenters. The summed E-state index contributed by atoms with van der Waals surface area (Å²) >= 11 is 0. The first-order valence-electron chi connectivity index (χ1n) is 9.71. The largest absolute Gasteiger partial charge is 0.337 e. The van der Waals surface area contributed by atoms with E-state index in [1.807, 2.05) is 25.2 Å². The Labute approximate surface area is 158 Å². The Kier molecular flexibility index (Phi) is 5.33. The zero-order valence-corrected chi connectivity index (χ0v) is 15.6. The van der Waals surface area contributed by atoms with Gasteiger partial charge in [-0.1, -0.05) is 30.5 Å². The molecule has 4 rings (SSSR count). The molecule has 2 aromatic heterocycles. The lowest BCUT2D eigenvalue weighted by Gasteiger charge is -2.24. The molecule has 0 spiro atoms. The third-order valence-corrected chi connectivity index (χ3v) is 5.44. The van der Waals surface area contributed by atoms with Crippen molar-refractivity contribution >= 4 is 6.03 Å². The molecule has 0 aromatic carbocycles. The van der Waals surface area contributed by atoms with Crippen LogP contribution in [-0.2, 0) is 0 Å². The van der Waals surface area contributed by atoms with Gasteiger partial charge in [-0.25, -0.2) is 4.79 Å². The predicted octanol–water partition coefficient (Wildman–Crippen LogP) is 2.51. The monoisotopic (exact) mass is 370 g/mol. The number of likely N-dealkylation sites (N-methyl/N-ethyl adjacent to an activating group) is 1. The van der Waals surface area contributed by atoms with E-state index in [1.165, 1.54) is 19.3 Å². The van der Waals surface area contributed by atoms with Gasteiger partial charge < -0.3 is 15.2 Å². The molecule has 8 nitrogen and oxygen atoms in total. The number of carbonyl (C=O) groups excluding carboxylic acids is 1. The Bertz CT molecular complexity index is 759. The molecule has 144 valence electrons. The second-order valence-electron chi connectivity index (χ2n) is 7.51. The average molecular weight is 370 g/mol. The van der Waals surface area contributed by atoms with E-state index in [9.17, 15) is 4.79 Å². The van der Waals surface area contributed by atoms with Crippen LogP contribution in [0.25, 0.3) is 11.5 Å². The molecule has 2 amide bonds. The van der Waals surface area contributed by atoms with Crippen molar-refractivity contribution < 1.29 is 9.32 Å². The second kappa shape index (κ2) is 8.04. The fourth-order valence-electron chi connectivity index (χ4n) is 4.02. The highest BCUT2D eigenvalue weighted by Crippen LogP contribution is 2.30. The van der Waals surface area contributed by atoms with Crippen molar-refractivity contribution in [3.05, 3.63) is 30.3 Å². The highest BCUT2D eigenvalue weighted by molar-refractivity contribution is 5.74. The quantitative estimate of drug-likeness (QED) is 0.858. The molecule has 1 aliphatic carbocycles. The summed E-state index contributed by atoms with van der Waals surface area (Å²) in [5, 5.41) is 10.3. The molecule has 8 heteroatoms. The van der Waals surface area contributed by atoms with E-state index >= 15 is 0 Å². The number of rotatable bonds is 4. The zero-order valence-electron chi connectivity index (χ0n) is 15.6. The topological polar surface area (TPSA) is 96.2 Å². The van der Waals surface area contributed by atoms with Gasteiger partial charge in [-0.15, -0.1) is 0 Å².